The van der Waals surface area contributed by atoms with Crippen LogP contribution < -0.4 is 10.6 Å². The second kappa shape index (κ2) is 9.39. The Labute approximate surface area is 132 Å². The molecule has 0 heterocycles. The molecular formula is C17H24N3O2+. The Morgan fingerprint density at radius 2 is 1.64 bits per heavy atom. The highest BCUT2D eigenvalue weighted by Crippen LogP contribution is 2.13. The van der Waals surface area contributed by atoms with Crippen LogP contribution in [-0.4, -0.2) is 36.2 Å². The Balaban J connectivity index is 2.73. The molecule has 1 rings (SSSR count). The molecule has 5 nitrogen and oxygen atoms in total. The first-order chi connectivity index (χ1) is 10.6. The van der Waals surface area contributed by atoms with Gasteiger partial charge in [0, 0.05) is 12.6 Å². The maximum atomic E-state index is 11.3. The zero-order valence-electron chi connectivity index (χ0n) is 13.3. The van der Waals surface area contributed by atoms with Gasteiger partial charge in [-0.1, -0.05) is 25.3 Å². The van der Waals surface area contributed by atoms with Crippen molar-refractivity contribution in [3.63, 3.8) is 0 Å². The first-order valence-corrected chi connectivity index (χ1v) is 7.21. The van der Waals surface area contributed by atoms with Crippen LogP contribution in [0.4, 0.5) is 16.2 Å². The van der Waals surface area contributed by atoms with Gasteiger partial charge in [-0.3, -0.25) is 9.89 Å². The fourth-order valence-corrected chi connectivity index (χ4v) is 1.87. The van der Waals surface area contributed by atoms with Crippen LogP contribution in [0.3, 0.4) is 0 Å². The fraction of sp³-hybridized carbons (Fsp3) is 0.294. The summed E-state index contributed by atoms with van der Waals surface area (Å²) in [5, 5.41) is 5.97. The van der Waals surface area contributed by atoms with Crippen LogP contribution in [0, 0.1) is 0 Å². The minimum Gasteiger partial charge on any atom is -0.450 e. The minimum atomic E-state index is -0.450. The number of hydrogen-bond donors (Lipinski definition) is 2. The zero-order valence-corrected chi connectivity index (χ0v) is 13.3. The van der Waals surface area contributed by atoms with E-state index in [1.54, 1.807) is 6.92 Å². The quantitative estimate of drug-likeness (QED) is 0.351. The number of nitrogens with one attached hydrogen (secondary N) is 2. The van der Waals surface area contributed by atoms with E-state index >= 15 is 0 Å². The monoisotopic (exact) mass is 302 g/mol. The van der Waals surface area contributed by atoms with Gasteiger partial charge in [0.25, 0.3) is 0 Å². The SMILES string of the molecule is C=CC[N+](CC=C)=C(C)Nc1ccc(NC(=O)OCC)cc1. The van der Waals surface area contributed by atoms with Crippen molar-refractivity contribution in [2.75, 3.05) is 30.3 Å². The number of benzene rings is 1. The van der Waals surface area contributed by atoms with E-state index < -0.39 is 6.09 Å². The van der Waals surface area contributed by atoms with Gasteiger partial charge in [0.05, 0.1) is 6.61 Å². The van der Waals surface area contributed by atoms with E-state index in [9.17, 15) is 4.79 Å². The van der Waals surface area contributed by atoms with Crippen LogP contribution in [0.2, 0.25) is 0 Å². The van der Waals surface area contributed by atoms with Gasteiger partial charge in [-0.05, 0) is 31.2 Å². The first kappa shape index (κ1) is 17.5. The van der Waals surface area contributed by atoms with Crippen molar-refractivity contribution in [2.24, 2.45) is 0 Å². The number of amidine groups is 1. The van der Waals surface area contributed by atoms with E-state index in [0.29, 0.717) is 12.3 Å². The van der Waals surface area contributed by atoms with Crippen molar-refractivity contribution in [3.05, 3.63) is 49.6 Å². The Morgan fingerprint density at radius 1 is 1.14 bits per heavy atom. The third-order valence-corrected chi connectivity index (χ3v) is 2.91. The van der Waals surface area contributed by atoms with Crippen LogP contribution in [0.1, 0.15) is 13.8 Å². The summed E-state index contributed by atoms with van der Waals surface area (Å²) in [4.78, 5) is 11.3. The van der Waals surface area contributed by atoms with Gasteiger partial charge in [0.1, 0.15) is 18.8 Å². The lowest BCUT2D eigenvalue weighted by Gasteiger charge is -2.08. The van der Waals surface area contributed by atoms with Crippen LogP contribution >= 0.6 is 0 Å². The fourth-order valence-electron chi connectivity index (χ4n) is 1.87. The van der Waals surface area contributed by atoms with Crippen molar-refractivity contribution in [1.29, 1.82) is 0 Å². The van der Waals surface area contributed by atoms with Crippen LogP contribution in [-0.2, 0) is 4.74 Å². The molecule has 0 aromatic heterocycles. The molecule has 0 atom stereocenters. The molecule has 0 fully saturated rings. The molecule has 0 bridgehead atoms. The Morgan fingerprint density at radius 3 is 2.09 bits per heavy atom. The summed E-state index contributed by atoms with van der Waals surface area (Å²) in [5.74, 6) is 1.01. The number of nitrogens with zero attached hydrogens (tertiary/aromatic N) is 1. The molecule has 0 aliphatic carbocycles. The summed E-state index contributed by atoms with van der Waals surface area (Å²) in [7, 11) is 0. The second-order valence-corrected chi connectivity index (χ2v) is 4.62. The van der Waals surface area contributed by atoms with E-state index in [-0.39, 0.29) is 0 Å². The number of carbonyl (C=O) groups is 1. The smallest absolute Gasteiger partial charge is 0.411 e. The van der Waals surface area contributed by atoms with Gasteiger partial charge in [-0.25, -0.2) is 10.1 Å². The summed E-state index contributed by atoms with van der Waals surface area (Å²) in [6.07, 6.45) is 3.25. The third kappa shape index (κ3) is 5.83. The minimum absolute atomic E-state index is 0.349. The molecule has 5 heteroatoms. The molecule has 0 aliphatic rings. The lowest BCUT2D eigenvalue weighted by Crippen LogP contribution is -2.25. The zero-order chi connectivity index (χ0) is 16.4. The highest BCUT2D eigenvalue weighted by atomic mass is 16.5. The number of ether oxygens (including phenoxy) is 1. The number of anilines is 2. The van der Waals surface area contributed by atoms with Gasteiger partial charge < -0.3 is 4.74 Å². The average molecular weight is 302 g/mol. The first-order valence-electron chi connectivity index (χ1n) is 7.21. The van der Waals surface area contributed by atoms with E-state index in [2.05, 4.69) is 28.4 Å². The molecule has 22 heavy (non-hydrogen) atoms. The molecular weight excluding hydrogens is 278 g/mol. The molecule has 118 valence electrons. The Kier molecular flexibility index (Phi) is 7.47. The molecule has 0 radical (unpaired) electrons. The van der Waals surface area contributed by atoms with Crippen LogP contribution in [0.5, 0.6) is 0 Å². The third-order valence-electron chi connectivity index (χ3n) is 2.91. The van der Waals surface area contributed by atoms with E-state index in [1.807, 2.05) is 43.3 Å². The Hall–Kier alpha value is -2.56. The Bertz CT molecular complexity index is 536. The van der Waals surface area contributed by atoms with Crippen LogP contribution in [0.25, 0.3) is 0 Å². The predicted molar refractivity (Wildman–Crippen MR) is 91.8 cm³/mol. The van der Waals surface area contributed by atoms with Gasteiger partial charge >= 0.3 is 6.09 Å². The average Bonchev–Trinajstić information content (AvgIpc) is 2.49. The number of carbonyl (C=O) groups excluding carboxylic acids is 1. The summed E-state index contributed by atoms with van der Waals surface area (Å²) in [6.45, 7) is 13.1. The largest absolute Gasteiger partial charge is 0.450 e. The van der Waals surface area contributed by atoms with Gasteiger partial charge in [0.15, 0.2) is 0 Å². The van der Waals surface area contributed by atoms with E-state index in [1.165, 1.54) is 0 Å². The summed E-state index contributed by atoms with van der Waals surface area (Å²) < 4.78 is 6.95. The molecule has 0 aliphatic heterocycles. The predicted octanol–water partition coefficient (Wildman–Crippen LogP) is 3.47. The number of amides is 1. The van der Waals surface area contributed by atoms with Crippen molar-refractivity contribution in [3.8, 4) is 0 Å². The molecule has 0 spiro atoms. The highest BCUT2D eigenvalue weighted by Gasteiger charge is 2.07. The topological polar surface area (TPSA) is 53.4 Å². The molecule has 0 saturated heterocycles. The maximum Gasteiger partial charge on any atom is 0.411 e. The standard InChI is InChI=1S/C17H23N3O2/c1-5-12-20(13-6-2)14(4)18-15-8-10-16(11-9-15)19-17(21)22-7-3/h5-6,8-11H,1-2,7,12-13H2,3-4H3,(H,19,21)/p+1. The molecule has 1 aromatic carbocycles. The molecule has 1 amide bonds. The lowest BCUT2D eigenvalue weighted by atomic mass is 10.3. The van der Waals surface area contributed by atoms with Gasteiger partial charge in [0.2, 0.25) is 5.84 Å². The van der Waals surface area contributed by atoms with Crippen molar-refractivity contribution in [1.82, 2.24) is 0 Å². The highest BCUT2D eigenvalue weighted by molar-refractivity contribution is 5.90. The van der Waals surface area contributed by atoms with Crippen molar-refractivity contribution < 1.29 is 14.1 Å². The normalized spacial score (nSPS) is 9.55. The van der Waals surface area contributed by atoms with E-state index in [4.69, 9.17) is 4.74 Å². The van der Waals surface area contributed by atoms with Gasteiger partial charge in [-0.15, -0.1) is 0 Å². The molecule has 0 saturated carbocycles. The molecule has 2 N–H and O–H groups in total. The maximum absolute atomic E-state index is 11.3. The van der Waals surface area contributed by atoms with Crippen molar-refractivity contribution in [2.45, 2.75) is 13.8 Å². The summed E-state index contributed by atoms with van der Waals surface area (Å²) >= 11 is 0. The summed E-state index contributed by atoms with van der Waals surface area (Å²) in [6, 6.07) is 7.42. The second-order valence-electron chi connectivity index (χ2n) is 4.62. The number of rotatable bonds is 7. The lowest BCUT2D eigenvalue weighted by molar-refractivity contribution is -0.507. The van der Waals surface area contributed by atoms with Crippen molar-refractivity contribution >= 4 is 23.3 Å². The molecule has 1 aromatic rings. The van der Waals surface area contributed by atoms with E-state index in [0.717, 1.165) is 24.6 Å². The number of hydrogen-bond acceptors (Lipinski definition) is 2. The van der Waals surface area contributed by atoms with Crippen LogP contribution in [0.15, 0.2) is 49.6 Å². The van der Waals surface area contributed by atoms with Gasteiger partial charge in [-0.2, -0.15) is 0 Å². The summed E-state index contributed by atoms with van der Waals surface area (Å²) in [5.41, 5.74) is 1.63. The molecule has 0 unspecified atom stereocenters.